The van der Waals surface area contributed by atoms with Crippen molar-refractivity contribution >= 4 is 11.9 Å². The molecule has 0 aliphatic carbocycles. The number of amides is 1. The molecule has 8 heteroatoms. The van der Waals surface area contributed by atoms with Gasteiger partial charge in [-0.15, -0.1) is 10.2 Å². The van der Waals surface area contributed by atoms with Crippen LogP contribution in [0.2, 0.25) is 0 Å². The van der Waals surface area contributed by atoms with Crippen LogP contribution in [0.5, 0.6) is 0 Å². The van der Waals surface area contributed by atoms with E-state index in [9.17, 15) is 9.59 Å². The first kappa shape index (κ1) is 14.0. The first-order valence-corrected chi connectivity index (χ1v) is 7.17. The maximum absolute atomic E-state index is 12.1. The van der Waals surface area contributed by atoms with Crippen LogP contribution in [0, 0.1) is 0 Å². The minimum atomic E-state index is -1.02. The van der Waals surface area contributed by atoms with E-state index in [2.05, 4.69) is 15.5 Å². The summed E-state index contributed by atoms with van der Waals surface area (Å²) >= 11 is 0. The fourth-order valence-corrected chi connectivity index (χ4v) is 2.88. The van der Waals surface area contributed by atoms with Crippen LogP contribution in [0.3, 0.4) is 0 Å². The van der Waals surface area contributed by atoms with Gasteiger partial charge in [-0.25, -0.2) is 4.79 Å². The number of aromatic nitrogens is 3. The van der Waals surface area contributed by atoms with Gasteiger partial charge >= 0.3 is 5.97 Å². The molecule has 2 N–H and O–H groups in total. The van der Waals surface area contributed by atoms with E-state index in [1.54, 1.807) is 0 Å². The van der Waals surface area contributed by atoms with Crippen molar-refractivity contribution in [2.75, 3.05) is 0 Å². The van der Waals surface area contributed by atoms with Crippen LogP contribution in [0.25, 0.3) is 0 Å². The molecule has 2 aliphatic heterocycles. The van der Waals surface area contributed by atoms with Crippen LogP contribution >= 0.6 is 0 Å². The molecule has 1 fully saturated rings. The number of nitrogens with one attached hydrogen (secondary N) is 1. The van der Waals surface area contributed by atoms with Gasteiger partial charge in [-0.2, -0.15) is 0 Å². The summed E-state index contributed by atoms with van der Waals surface area (Å²) in [6.07, 6.45) is 1.17. The largest absolute Gasteiger partial charge is 0.479 e. The topological polar surface area (TPSA) is 106 Å². The highest BCUT2D eigenvalue weighted by Crippen LogP contribution is 2.22. The van der Waals surface area contributed by atoms with Crippen molar-refractivity contribution in [1.29, 1.82) is 0 Å². The summed E-state index contributed by atoms with van der Waals surface area (Å²) in [4.78, 5) is 23.0. The Morgan fingerprint density at radius 1 is 1.38 bits per heavy atom. The Balaban J connectivity index is 1.61. The number of hydrogen-bond acceptors (Lipinski definition) is 5. The molecule has 0 saturated carbocycles. The van der Waals surface area contributed by atoms with E-state index in [-0.39, 0.29) is 11.9 Å². The first-order chi connectivity index (χ1) is 10.1. The second-order valence-corrected chi connectivity index (χ2v) is 5.49. The average Bonchev–Trinajstić information content (AvgIpc) is 3.14. The van der Waals surface area contributed by atoms with Crippen LogP contribution in [0.1, 0.15) is 43.9 Å². The predicted molar refractivity (Wildman–Crippen MR) is 70.4 cm³/mol. The number of carbonyl (C=O) groups excluding carboxylic acids is 1. The van der Waals surface area contributed by atoms with Gasteiger partial charge in [-0.3, -0.25) is 4.79 Å². The van der Waals surface area contributed by atoms with Crippen molar-refractivity contribution in [3.8, 4) is 0 Å². The van der Waals surface area contributed by atoms with Crippen LogP contribution in [-0.2, 0) is 27.3 Å². The third kappa shape index (κ3) is 2.63. The molecule has 1 aromatic rings. The number of nitrogens with zero attached hydrogens (tertiary/aromatic N) is 3. The van der Waals surface area contributed by atoms with Crippen molar-refractivity contribution in [2.24, 2.45) is 0 Å². The smallest absolute Gasteiger partial charge is 0.332 e. The Kier molecular flexibility index (Phi) is 3.62. The number of aliphatic carboxylic acids is 1. The van der Waals surface area contributed by atoms with Crippen LogP contribution in [-0.4, -0.2) is 44.0 Å². The van der Waals surface area contributed by atoms with E-state index >= 15 is 0 Å². The maximum Gasteiger partial charge on any atom is 0.332 e. The summed E-state index contributed by atoms with van der Waals surface area (Å²) in [6.45, 7) is 2.72. The van der Waals surface area contributed by atoms with Crippen molar-refractivity contribution in [3.05, 3.63) is 11.6 Å². The Morgan fingerprint density at radius 2 is 2.14 bits per heavy atom. The van der Waals surface area contributed by atoms with Gasteiger partial charge in [-0.05, 0) is 26.2 Å². The highest BCUT2D eigenvalue weighted by atomic mass is 16.5. The van der Waals surface area contributed by atoms with Crippen molar-refractivity contribution in [1.82, 2.24) is 20.1 Å². The van der Waals surface area contributed by atoms with E-state index in [4.69, 9.17) is 9.84 Å². The van der Waals surface area contributed by atoms with E-state index in [0.717, 1.165) is 31.0 Å². The van der Waals surface area contributed by atoms with Crippen LogP contribution in [0.15, 0.2) is 0 Å². The lowest BCUT2D eigenvalue weighted by atomic mass is 10.2. The number of hydrogen-bond donors (Lipinski definition) is 2. The number of fused-ring (bicyclic) bond motifs is 1. The standard InChI is InChI=1S/C13H18N4O4/c1-7(11-16-15-10-3-2-6-17(10)11)14-12(18)8-4-5-9(21-8)13(19)20/h7-9H,2-6H2,1H3,(H,14,18)(H,19,20). The van der Waals surface area contributed by atoms with Crippen LogP contribution < -0.4 is 5.32 Å². The van der Waals surface area contributed by atoms with Gasteiger partial charge in [0, 0.05) is 13.0 Å². The molecule has 1 saturated heterocycles. The molecular weight excluding hydrogens is 276 g/mol. The second kappa shape index (κ2) is 5.44. The number of aryl methyl sites for hydroxylation is 1. The number of carbonyl (C=O) groups is 2. The van der Waals surface area contributed by atoms with E-state index < -0.39 is 18.2 Å². The van der Waals surface area contributed by atoms with Gasteiger partial charge < -0.3 is 19.7 Å². The summed E-state index contributed by atoms with van der Waals surface area (Å²) in [5.74, 6) is 0.382. The third-order valence-corrected chi connectivity index (χ3v) is 3.97. The molecule has 3 unspecified atom stereocenters. The molecule has 1 aromatic heterocycles. The maximum atomic E-state index is 12.1. The Labute approximate surface area is 121 Å². The fourth-order valence-electron chi connectivity index (χ4n) is 2.88. The summed E-state index contributed by atoms with van der Waals surface area (Å²) in [5.41, 5.74) is 0. The van der Waals surface area contributed by atoms with Gasteiger partial charge in [0.05, 0.1) is 6.04 Å². The lowest BCUT2D eigenvalue weighted by Crippen LogP contribution is -2.37. The zero-order valence-electron chi connectivity index (χ0n) is 11.8. The SMILES string of the molecule is CC(NC(=O)C1CCC(C(=O)O)O1)c1nnc2n1CCC2. The lowest BCUT2D eigenvalue weighted by Gasteiger charge is -2.17. The molecule has 0 spiro atoms. The number of carboxylic acids is 1. The Hall–Kier alpha value is -1.96. The quantitative estimate of drug-likeness (QED) is 0.811. The summed E-state index contributed by atoms with van der Waals surface area (Å²) in [6, 6.07) is -0.274. The summed E-state index contributed by atoms with van der Waals surface area (Å²) < 4.78 is 7.27. The summed E-state index contributed by atoms with van der Waals surface area (Å²) in [5, 5.41) is 19.9. The molecule has 0 aromatic carbocycles. The highest BCUT2D eigenvalue weighted by molar-refractivity contribution is 5.82. The molecule has 3 atom stereocenters. The highest BCUT2D eigenvalue weighted by Gasteiger charge is 2.35. The zero-order chi connectivity index (χ0) is 15.0. The normalized spacial score (nSPS) is 25.6. The molecule has 1 amide bonds. The molecular formula is C13H18N4O4. The first-order valence-electron chi connectivity index (χ1n) is 7.17. The number of rotatable bonds is 4. The molecule has 21 heavy (non-hydrogen) atoms. The molecule has 114 valence electrons. The fraction of sp³-hybridized carbons (Fsp3) is 0.692. The van der Waals surface area contributed by atoms with Crippen molar-refractivity contribution < 1.29 is 19.4 Å². The van der Waals surface area contributed by atoms with Gasteiger partial charge in [0.2, 0.25) is 5.91 Å². The zero-order valence-corrected chi connectivity index (χ0v) is 11.8. The Bertz CT molecular complexity index is 571. The van der Waals surface area contributed by atoms with Crippen molar-refractivity contribution in [2.45, 2.75) is 57.4 Å². The number of carboxylic acid groups (broad SMARTS) is 1. The molecule has 0 bridgehead atoms. The van der Waals surface area contributed by atoms with E-state index in [1.807, 2.05) is 11.5 Å². The molecule has 2 aliphatic rings. The average molecular weight is 294 g/mol. The van der Waals surface area contributed by atoms with Gasteiger partial charge in [0.25, 0.3) is 0 Å². The van der Waals surface area contributed by atoms with Crippen molar-refractivity contribution in [3.63, 3.8) is 0 Å². The third-order valence-electron chi connectivity index (χ3n) is 3.97. The number of ether oxygens (including phenoxy) is 1. The lowest BCUT2D eigenvalue weighted by molar-refractivity contribution is -0.151. The molecule has 3 heterocycles. The minimum Gasteiger partial charge on any atom is -0.479 e. The molecule has 3 rings (SSSR count). The van der Waals surface area contributed by atoms with E-state index in [1.165, 1.54) is 0 Å². The second-order valence-electron chi connectivity index (χ2n) is 5.49. The van der Waals surface area contributed by atoms with E-state index in [0.29, 0.717) is 12.8 Å². The van der Waals surface area contributed by atoms with Gasteiger partial charge in [-0.1, -0.05) is 0 Å². The van der Waals surface area contributed by atoms with Gasteiger partial charge in [0.1, 0.15) is 11.9 Å². The predicted octanol–water partition coefficient (Wildman–Crippen LogP) is 0.0337. The monoisotopic (exact) mass is 294 g/mol. The summed E-state index contributed by atoms with van der Waals surface area (Å²) in [7, 11) is 0. The van der Waals surface area contributed by atoms with Crippen LogP contribution in [0.4, 0.5) is 0 Å². The molecule has 8 nitrogen and oxygen atoms in total. The Morgan fingerprint density at radius 3 is 2.86 bits per heavy atom. The minimum absolute atomic E-state index is 0.274. The molecule has 0 radical (unpaired) electrons. The van der Waals surface area contributed by atoms with Gasteiger partial charge in [0.15, 0.2) is 11.9 Å².